The number of aryl methyl sites for hydroxylation is 2. The minimum absolute atomic E-state index is 0.738. The summed E-state index contributed by atoms with van der Waals surface area (Å²) in [5, 5.41) is 13.3. The fraction of sp³-hybridized carbons (Fsp3) is 0.136. The Morgan fingerprint density at radius 1 is 1.08 bits per heavy atom. The Labute approximate surface area is 157 Å². The Morgan fingerprint density at radius 3 is 2.54 bits per heavy atom. The molecule has 130 valence electrons. The molecule has 3 nitrogen and oxygen atoms in total. The van der Waals surface area contributed by atoms with Crippen LogP contribution in [0.4, 0.5) is 0 Å². The number of aliphatic hydroxyl groups excluding tert-OH is 1. The van der Waals surface area contributed by atoms with Crippen molar-refractivity contribution in [3.63, 3.8) is 0 Å². The summed E-state index contributed by atoms with van der Waals surface area (Å²) in [5.74, 6) is 0. The highest BCUT2D eigenvalue weighted by molar-refractivity contribution is 7.13. The van der Waals surface area contributed by atoms with Gasteiger partial charge >= 0.3 is 0 Å². The summed E-state index contributed by atoms with van der Waals surface area (Å²) < 4.78 is 2.11. The van der Waals surface area contributed by atoms with Crippen LogP contribution in [0.25, 0.3) is 21.7 Å². The van der Waals surface area contributed by atoms with Gasteiger partial charge in [-0.05, 0) is 30.0 Å². The number of rotatable bonds is 4. The van der Waals surface area contributed by atoms with Gasteiger partial charge in [-0.1, -0.05) is 42.0 Å². The molecule has 0 bridgehead atoms. The first-order chi connectivity index (χ1) is 12.6. The van der Waals surface area contributed by atoms with Crippen LogP contribution in [0.3, 0.4) is 0 Å². The van der Waals surface area contributed by atoms with Gasteiger partial charge in [-0.2, -0.15) is 0 Å². The molecule has 26 heavy (non-hydrogen) atoms. The zero-order chi connectivity index (χ0) is 18.1. The summed E-state index contributed by atoms with van der Waals surface area (Å²) in [5.41, 5.74) is 6.13. The van der Waals surface area contributed by atoms with E-state index in [0.29, 0.717) is 0 Å². The van der Waals surface area contributed by atoms with E-state index < -0.39 is 6.10 Å². The van der Waals surface area contributed by atoms with Crippen molar-refractivity contribution in [2.45, 2.75) is 13.0 Å². The Bertz CT molecular complexity index is 1000. The normalized spacial score (nSPS) is 12.3. The number of nitrogens with zero attached hydrogens (tertiary/aromatic N) is 2. The molecule has 0 radical (unpaired) electrons. The maximum absolute atomic E-state index is 11.2. The molecular formula is C22H20N2OS. The molecule has 4 heteroatoms. The standard InChI is InChI=1S/C22H20N2OS/c1-15-7-9-16(10-8-15)21-20(22(25)17-5-3-11-23-13-17)18(14-24(21)2)19-6-4-12-26-19/h3-14,22,25H,1-2H3. The molecule has 0 fully saturated rings. The second-order valence-electron chi connectivity index (χ2n) is 6.45. The second kappa shape index (κ2) is 6.90. The second-order valence-corrected chi connectivity index (χ2v) is 7.40. The average Bonchev–Trinajstić information content (AvgIpc) is 3.30. The molecule has 0 saturated heterocycles. The molecule has 0 saturated carbocycles. The van der Waals surface area contributed by atoms with Gasteiger partial charge in [-0.3, -0.25) is 4.98 Å². The van der Waals surface area contributed by atoms with Crippen LogP contribution in [0.5, 0.6) is 0 Å². The Balaban J connectivity index is 1.95. The average molecular weight is 360 g/mol. The molecule has 4 rings (SSSR count). The van der Waals surface area contributed by atoms with Crippen molar-refractivity contribution in [2.24, 2.45) is 7.05 Å². The summed E-state index contributed by atoms with van der Waals surface area (Å²) in [7, 11) is 2.03. The van der Waals surface area contributed by atoms with Crippen LogP contribution in [0.2, 0.25) is 0 Å². The van der Waals surface area contributed by atoms with Gasteiger partial charge in [-0.25, -0.2) is 0 Å². The van der Waals surface area contributed by atoms with Crippen LogP contribution in [0, 0.1) is 6.92 Å². The van der Waals surface area contributed by atoms with E-state index in [1.807, 2.05) is 25.2 Å². The summed E-state index contributed by atoms with van der Waals surface area (Å²) in [6.45, 7) is 2.08. The van der Waals surface area contributed by atoms with E-state index in [9.17, 15) is 5.11 Å². The topological polar surface area (TPSA) is 38.1 Å². The van der Waals surface area contributed by atoms with Gasteiger partial charge in [0, 0.05) is 47.2 Å². The molecule has 1 unspecified atom stereocenters. The van der Waals surface area contributed by atoms with Gasteiger partial charge in [0.15, 0.2) is 0 Å². The number of benzene rings is 1. The van der Waals surface area contributed by atoms with Crippen LogP contribution in [0.15, 0.2) is 72.5 Å². The lowest BCUT2D eigenvalue weighted by molar-refractivity contribution is 0.221. The van der Waals surface area contributed by atoms with E-state index in [2.05, 4.69) is 58.4 Å². The van der Waals surface area contributed by atoms with E-state index in [0.717, 1.165) is 32.8 Å². The Hall–Kier alpha value is -2.69. The quantitative estimate of drug-likeness (QED) is 0.543. The largest absolute Gasteiger partial charge is 0.383 e. The molecule has 0 aliphatic rings. The monoisotopic (exact) mass is 360 g/mol. The van der Waals surface area contributed by atoms with E-state index >= 15 is 0 Å². The first-order valence-corrected chi connectivity index (χ1v) is 9.41. The van der Waals surface area contributed by atoms with Gasteiger partial charge in [-0.15, -0.1) is 11.3 Å². The van der Waals surface area contributed by atoms with E-state index in [-0.39, 0.29) is 0 Å². The van der Waals surface area contributed by atoms with Crippen LogP contribution in [0.1, 0.15) is 22.8 Å². The molecule has 3 aromatic heterocycles. The minimum atomic E-state index is -0.738. The molecule has 1 N–H and O–H groups in total. The van der Waals surface area contributed by atoms with Gasteiger partial charge in [0.1, 0.15) is 6.10 Å². The molecule has 0 aliphatic heterocycles. The third kappa shape index (κ3) is 2.98. The van der Waals surface area contributed by atoms with E-state index in [4.69, 9.17) is 0 Å². The first-order valence-electron chi connectivity index (χ1n) is 8.53. The fourth-order valence-electron chi connectivity index (χ4n) is 3.33. The number of aliphatic hydroxyl groups is 1. The lowest BCUT2D eigenvalue weighted by Gasteiger charge is -2.16. The van der Waals surface area contributed by atoms with E-state index in [1.165, 1.54) is 5.56 Å². The van der Waals surface area contributed by atoms with Gasteiger partial charge in [0.05, 0.1) is 5.69 Å². The summed E-state index contributed by atoms with van der Waals surface area (Å²) in [6, 6.07) is 16.3. The number of thiophene rings is 1. The Kier molecular flexibility index (Phi) is 4.45. The zero-order valence-electron chi connectivity index (χ0n) is 14.8. The number of hydrogen-bond acceptors (Lipinski definition) is 3. The zero-order valence-corrected chi connectivity index (χ0v) is 15.6. The Morgan fingerprint density at radius 2 is 1.88 bits per heavy atom. The molecule has 0 aliphatic carbocycles. The summed E-state index contributed by atoms with van der Waals surface area (Å²) in [6.07, 6.45) is 4.82. The van der Waals surface area contributed by atoms with Crippen molar-refractivity contribution in [3.05, 3.63) is 89.2 Å². The predicted molar refractivity (Wildman–Crippen MR) is 107 cm³/mol. The van der Waals surface area contributed by atoms with Crippen molar-refractivity contribution < 1.29 is 5.11 Å². The predicted octanol–water partition coefficient (Wildman–Crippen LogP) is 5.21. The highest BCUT2D eigenvalue weighted by atomic mass is 32.1. The summed E-state index contributed by atoms with van der Waals surface area (Å²) >= 11 is 1.68. The highest BCUT2D eigenvalue weighted by Crippen LogP contribution is 2.41. The van der Waals surface area contributed by atoms with E-state index in [1.54, 1.807) is 23.7 Å². The lowest BCUT2D eigenvalue weighted by Crippen LogP contribution is -2.03. The van der Waals surface area contributed by atoms with Gasteiger partial charge < -0.3 is 9.67 Å². The maximum Gasteiger partial charge on any atom is 0.108 e. The fourth-order valence-corrected chi connectivity index (χ4v) is 4.08. The lowest BCUT2D eigenvalue weighted by atomic mass is 9.95. The number of hydrogen-bond donors (Lipinski definition) is 1. The molecule has 1 aromatic carbocycles. The summed E-state index contributed by atoms with van der Waals surface area (Å²) in [4.78, 5) is 5.33. The third-order valence-corrected chi connectivity index (χ3v) is 5.51. The molecule has 0 amide bonds. The van der Waals surface area contributed by atoms with Gasteiger partial charge in [0.25, 0.3) is 0 Å². The van der Waals surface area contributed by atoms with Crippen LogP contribution < -0.4 is 0 Å². The van der Waals surface area contributed by atoms with Crippen LogP contribution >= 0.6 is 11.3 Å². The smallest absolute Gasteiger partial charge is 0.108 e. The van der Waals surface area contributed by atoms with Crippen molar-refractivity contribution in [1.29, 1.82) is 0 Å². The molecule has 1 atom stereocenters. The number of aromatic nitrogens is 2. The van der Waals surface area contributed by atoms with Crippen LogP contribution in [-0.2, 0) is 7.05 Å². The van der Waals surface area contributed by atoms with Crippen LogP contribution in [-0.4, -0.2) is 14.7 Å². The van der Waals surface area contributed by atoms with Crippen molar-refractivity contribution >= 4 is 11.3 Å². The number of pyridine rings is 1. The SMILES string of the molecule is Cc1ccc(-c2c(C(O)c3cccnc3)c(-c3cccs3)cn2C)cc1. The minimum Gasteiger partial charge on any atom is -0.383 e. The molecule has 3 heterocycles. The highest BCUT2D eigenvalue weighted by Gasteiger charge is 2.24. The molecular weight excluding hydrogens is 340 g/mol. The maximum atomic E-state index is 11.2. The molecule has 4 aromatic rings. The first kappa shape index (κ1) is 16.8. The third-order valence-electron chi connectivity index (χ3n) is 4.61. The van der Waals surface area contributed by atoms with Crippen molar-refractivity contribution in [3.8, 4) is 21.7 Å². The van der Waals surface area contributed by atoms with Gasteiger partial charge in [0.2, 0.25) is 0 Å². The molecule has 0 spiro atoms. The van der Waals surface area contributed by atoms with Crippen molar-refractivity contribution in [2.75, 3.05) is 0 Å². The van der Waals surface area contributed by atoms with Crippen molar-refractivity contribution in [1.82, 2.24) is 9.55 Å².